The highest BCUT2D eigenvalue weighted by Crippen LogP contribution is 2.30. The van der Waals surface area contributed by atoms with Gasteiger partial charge in [0.15, 0.2) is 0 Å². The first-order chi connectivity index (χ1) is 14.4. The van der Waals surface area contributed by atoms with Crippen LogP contribution < -0.4 is 11.3 Å². The lowest BCUT2D eigenvalue weighted by molar-refractivity contribution is -0.123. The average Bonchev–Trinajstić information content (AvgIpc) is 3.13. The van der Waals surface area contributed by atoms with Crippen molar-refractivity contribution in [1.82, 2.24) is 14.9 Å². The molecule has 4 rings (SSSR count). The van der Waals surface area contributed by atoms with Crippen molar-refractivity contribution >= 4 is 27.5 Å². The number of rotatable bonds is 6. The summed E-state index contributed by atoms with van der Waals surface area (Å²) in [5.74, 6) is -0.666. The molecule has 0 aliphatic rings. The Kier molecular flexibility index (Phi) is 5.43. The van der Waals surface area contributed by atoms with E-state index in [2.05, 4.69) is 9.97 Å². The van der Waals surface area contributed by atoms with Gasteiger partial charge in [-0.2, -0.15) is 0 Å². The van der Waals surface area contributed by atoms with E-state index >= 15 is 0 Å². The molecule has 1 atom stereocenters. The van der Waals surface area contributed by atoms with E-state index in [1.807, 2.05) is 35.7 Å². The summed E-state index contributed by atoms with van der Waals surface area (Å²) in [6.45, 7) is 0.161. The van der Waals surface area contributed by atoms with E-state index in [0.717, 1.165) is 11.1 Å². The maximum atomic E-state index is 13.6. The molecule has 1 amide bonds. The fourth-order valence-corrected chi connectivity index (χ4v) is 4.51. The summed E-state index contributed by atoms with van der Waals surface area (Å²) in [5.41, 5.74) is 7.54. The van der Waals surface area contributed by atoms with Crippen LogP contribution in [0.1, 0.15) is 17.4 Å². The third kappa shape index (κ3) is 3.87. The third-order valence-electron chi connectivity index (χ3n) is 4.85. The molecule has 0 aliphatic heterocycles. The second kappa shape index (κ2) is 8.17. The molecule has 0 saturated carbocycles. The van der Waals surface area contributed by atoms with Crippen molar-refractivity contribution in [1.29, 1.82) is 0 Å². The monoisotopic (exact) mass is 422 g/mol. The van der Waals surface area contributed by atoms with Crippen LogP contribution in [0.4, 0.5) is 4.39 Å². The molecule has 2 heterocycles. The number of primary amides is 1. The molecule has 0 fully saturated rings. The number of carbonyl (C=O) groups excluding carboxylic acids is 1. The van der Waals surface area contributed by atoms with E-state index in [-0.39, 0.29) is 12.1 Å². The number of amides is 1. The highest BCUT2D eigenvalue weighted by atomic mass is 32.1. The van der Waals surface area contributed by atoms with Crippen LogP contribution in [-0.2, 0) is 11.3 Å². The fourth-order valence-electron chi connectivity index (χ4n) is 3.54. The van der Waals surface area contributed by atoms with Crippen LogP contribution in [0.5, 0.6) is 0 Å². The van der Waals surface area contributed by atoms with Crippen molar-refractivity contribution in [3.05, 3.63) is 87.5 Å². The van der Waals surface area contributed by atoms with Gasteiger partial charge in [-0.25, -0.2) is 9.37 Å². The number of hydrogen-bond acceptors (Lipinski definition) is 5. The largest absolute Gasteiger partial charge is 0.368 e. The number of halogens is 1. The predicted molar refractivity (Wildman–Crippen MR) is 115 cm³/mol. The summed E-state index contributed by atoms with van der Waals surface area (Å²) in [7, 11) is 1.67. The van der Waals surface area contributed by atoms with Crippen LogP contribution >= 0.6 is 11.3 Å². The van der Waals surface area contributed by atoms with Crippen LogP contribution in [0.15, 0.2) is 64.8 Å². The van der Waals surface area contributed by atoms with Crippen LogP contribution in [0.25, 0.3) is 21.3 Å². The highest BCUT2D eigenvalue weighted by molar-refractivity contribution is 7.17. The van der Waals surface area contributed by atoms with E-state index in [9.17, 15) is 14.0 Å². The Bertz CT molecular complexity index is 1270. The van der Waals surface area contributed by atoms with Gasteiger partial charge >= 0.3 is 0 Å². The molecule has 0 saturated heterocycles. The molecule has 3 N–H and O–H groups in total. The molecule has 0 spiro atoms. The lowest BCUT2D eigenvalue weighted by atomic mass is 10.0. The number of nitrogens with two attached hydrogens (primary N) is 1. The van der Waals surface area contributed by atoms with Gasteiger partial charge in [-0.1, -0.05) is 42.5 Å². The average molecular weight is 422 g/mol. The number of carbonyl (C=O) groups is 1. The van der Waals surface area contributed by atoms with E-state index < -0.39 is 17.8 Å². The number of nitrogens with one attached hydrogen (secondary N) is 1. The number of thiophene rings is 1. The number of H-pyrrole nitrogens is 1. The minimum absolute atomic E-state index is 0.161. The van der Waals surface area contributed by atoms with Gasteiger partial charge in [0.25, 0.3) is 5.56 Å². The van der Waals surface area contributed by atoms with E-state index in [1.165, 1.54) is 29.5 Å². The zero-order valence-corrected chi connectivity index (χ0v) is 16.9. The summed E-state index contributed by atoms with van der Waals surface area (Å²) in [5, 5.41) is 2.45. The van der Waals surface area contributed by atoms with Crippen molar-refractivity contribution in [2.45, 2.75) is 12.6 Å². The number of aromatic nitrogens is 2. The minimum Gasteiger partial charge on any atom is -0.368 e. The highest BCUT2D eigenvalue weighted by Gasteiger charge is 2.24. The van der Waals surface area contributed by atoms with Crippen molar-refractivity contribution in [2.75, 3.05) is 7.05 Å². The second-order valence-electron chi connectivity index (χ2n) is 6.98. The van der Waals surface area contributed by atoms with E-state index in [4.69, 9.17) is 5.73 Å². The van der Waals surface area contributed by atoms with Gasteiger partial charge in [-0.05, 0) is 30.3 Å². The van der Waals surface area contributed by atoms with Crippen LogP contribution in [0.3, 0.4) is 0 Å². The van der Waals surface area contributed by atoms with Crippen LogP contribution in [-0.4, -0.2) is 27.8 Å². The number of likely N-dealkylation sites (N-methyl/N-ethyl adjacent to an activating group) is 1. The normalized spacial score (nSPS) is 12.4. The molecule has 6 nitrogen and oxygen atoms in total. The number of nitrogens with zero attached hydrogens (tertiary/aromatic N) is 2. The molecule has 152 valence electrons. The number of aromatic amines is 1. The van der Waals surface area contributed by atoms with Gasteiger partial charge in [0.1, 0.15) is 22.5 Å². The lowest BCUT2D eigenvalue weighted by Crippen LogP contribution is -2.35. The second-order valence-corrected chi connectivity index (χ2v) is 7.84. The predicted octanol–water partition coefficient (Wildman–Crippen LogP) is 3.45. The summed E-state index contributed by atoms with van der Waals surface area (Å²) in [6.07, 6.45) is 0. The molecule has 30 heavy (non-hydrogen) atoms. The molecule has 0 radical (unpaired) electrons. The zero-order valence-electron chi connectivity index (χ0n) is 16.1. The maximum absolute atomic E-state index is 13.6. The molecular weight excluding hydrogens is 403 g/mol. The van der Waals surface area contributed by atoms with Gasteiger partial charge in [-0.15, -0.1) is 11.3 Å². The van der Waals surface area contributed by atoms with E-state index in [0.29, 0.717) is 21.6 Å². The molecular formula is C22H19FN4O2S. The Balaban J connectivity index is 1.67. The van der Waals surface area contributed by atoms with Crippen LogP contribution in [0.2, 0.25) is 0 Å². The van der Waals surface area contributed by atoms with Gasteiger partial charge in [0.2, 0.25) is 5.91 Å². The Morgan fingerprint density at radius 2 is 2.00 bits per heavy atom. The van der Waals surface area contributed by atoms with Crippen molar-refractivity contribution in [3.8, 4) is 11.1 Å². The first kappa shape index (κ1) is 19.9. The topological polar surface area (TPSA) is 92.1 Å². The molecule has 0 bridgehead atoms. The zero-order chi connectivity index (χ0) is 21.3. The van der Waals surface area contributed by atoms with E-state index in [1.54, 1.807) is 18.0 Å². The van der Waals surface area contributed by atoms with Crippen LogP contribution in [0, 0.1) is 5.82 Å². The molecule has 2 aromatic carbocycles. The van der Waals surface area contributed by atoms with Gasteiger partial charge in [-0.3, -0.25) is 14.5 Å². The van der Waals surface area contributed by atoms with Crippen molar-refractivity contribution in [3.63, 3.8) is 0 Å². The number of fused-ring (bicyclic) bond motifs is 1. The molecule has 0 aliphatic carbocycles. The van der Waals surface area contributed by atoms with Crippen molar-refractivity contribution in [2.24, 2.45) is 5.73 Å². The van der Waals surface area contributed by atoms with Crippen molar-refractivity contribution < 1.29 is 9.18 Å². The lowest BCUT2D eigenvalue weighted by Gasteiger charge is -2.25. The number of hydrogen-bond donors (Lipinski definition) is 2. The third-order valence-corrected chi connectivity index (χ3v) is 5.72. The first-order valence-corrected chi connectivity index (χ1v) is 10.1. The summed E-state index contributed by atoms with van der Waals surface area (Å²) < 4.78 is 13.6. The summed E-state index contributed by atoms with van der Waals surface area (Å²) in [4.78, 5) is 34.5. The summed E-state index contributed by atoms with van der Waals surface area (Å²) in [6, 6.07) is 14.5. The molecule has 2 aromatic heterocycles. The Morgan fingerprint density at radius 1 is 1.23 bits per heavy atom. The first-order valence-electron chi connectivity index (χ1n) is 9.25. The Labute approximate surface area is 175 Å². The minimum atomic E-state index is -0.857. The summed E-state index contributed by atoms with van der Waals surface area (Å²) >= 11 is 1.39. The van der Waals surface area contributed by atoms with Gasteiger partial charge in [0, 0.05) is 10.9 Å². The molecule has 8 heteroatoms. The standard InChI is InChI=1S/C22H19FN4O2S/c1-27(19(20(24)28)14-8-5-9-15(23)10-14)11-17-25-21(29)18-16(12-30-22(18)26-17)13-6-3-2-4-7-13/h2-10,12,19H,11H2,1H3,(H2,24,28)(H,25,26,29). The number of benzene rings is 2. The molecule has 1 unspecified atom stereocenters. The quantitative estimate of drug-likeness (QED) is 0.498. The molecule has 4 aromatic rings. The van der Waals surface area contributed by atoms with Gasteiger partial charge < -0.3 is 10.7 Å². The Morgan fingerprint density at radius 3 is 2.70 bits per heavy atom. The fraction of sp³-hybridized carbons (Fsp3) is 0.136. The maximum Gasteiger partial charge on any atom is 0.260 e. The SMILES string of the molecule is CN(Cc1nc2scc(-c3ccccc3)c2c(=O)[nH]1)C(C(N)=O)c1cccc(F)c1. The smallest absolute Gasteiger partial charge is 0.260 e. The Hall–Kier alpha value is -3.36. The van der Waals surface area contributed by atoms with Gasteiger partial charge in [0.05, 0.1) is 11.9 Å².